The largest absolute Gasteiger partial charge is 0.499 e. The molecule has 0 aliphatic rings. The second-order valence-electron chi connectivity index (χ2n) is 4.00. The summed E-state index contributed by atoms with van der Waals surface area (Å²) in [6, 6.07) is 13.0. The SMILES string of the molecule is FC(F)(F)C(F)(F)Oc1ccc(Oc2ccccc2)cc1. The van der Waals surface area contributed by atoms with Crippen LogP contribution in [0, 0.1) is 0 Å². The van der Waals surface area contributed by atoms with Crippen LogP contribution >= 0.6 is 0 Å². The fraction of sp³-hybridized carbons (Fsp3) is 0.143. The maximum atomic E-state index is 12.7. The minimum atomic E-state index is -5.77. The molecule has 0 saturated heterocycles. The summed E-state index contributed by atoms with van der Waals surface area (Å²) in [6.45, 7) is 0. The maximum absolute atomic E-state index is 12.7. The third-order valence-corrected chi connectivity index (χ3v) is 2.38. The number of halogens is 5. The molecular formula is C14H9F5O2. The molecule has 112 valence electrons. The lowest BCUT2D eigenvalue weighted by atomic mass is 10.3. The Morgan fingerprint density at radius 2 is 1.10 bits per heavy atom. The van der Waals surface area contributed by atoms with Crippen molar-refractivity contribution in [3.8, 4) is 17.2 Å². The summed E-state index contributed by atoms with van der Waals surface area (Å²) in [4.78, 5) is 0. The number of hydrogen-bond acceptors (Lipinski definition) is 2. The van der Waals surface area contributed by atoms with Crippen LogP contribution in [0.25, 0.3) is 0 Å². The Morgan fingerprint density at radius 3 is 1.62 bits per heavy atom. The van der Waals surface area contributed by atoms with E-state index in [9.17, 15) is 22.0 Å². The molecule has 0 aromatic heterocycles. The summed E-state index contributed by atoms with van der Waals surface area (Å²) in [5.41, 5.74) is 0. The van der Waals surface area contributed by atoms with E-state index < -0.39 is 18.0 Å². The lowest BCUT2D eigenvalue weighted by Gasteiger charge is -2.20. The first kappa shape index (κ1) is 15.1. The summed E-state index contributed by atoms with van der Waals surface area (Å²) in [7, 11) is 0. The van der Waals surface area contributed by atoms with Gasteiger partial charge in [0, 0.05) is 0 Å². The predicted molar refractivity (Wildman–Crippen MR) is 64.6 cm³/mol. The Bertz CT molecular complexity index is 579. The smallest absolute Gasteiger partial charge is 0.457 e. The fourth-order valence-corrected chi connectivity index (χ4v) is 1.41. The van der Waals surface area contributed by atoms with Crippen molar-refractivity contribution in [3.63, 3.8) is 0 Å². The lowest BCUT2D eigenvalue weighted by Crippen LogP contribution is -2.41. The number of hydrogen-bond donors (Lipinski definition) is 0. The van der Waals surface area contributed by atoms with Crippen molar-refractivity contribution >= 4 is 0 Å². The molecule has 0 saturated carbocycles. The van der Waals surface area contributed by atoms with Gasteiger partial charge in [-0.15, -0.1) is 0 Å². The van der Waals surface area contributed by atoms with Crippen LogP contribution in [-0.2, 0) is 0 Å². The molecule has 0 amide bonds. The molecule has 0 spiro atoms. The molecule has 0 heterocycles. The highest BCUT2D eigenvalue weighted by atomic mass is 19.4. The monoisotopic (exact) mass is 304 g/mol. The standard InChI is InChI=1S/C14H9F5O2/c15-13(16,17)14(18,19)21-12-8-6-11(7-9-12)20-10-4-2-1-3-5-10/h1-9H. The Morgan fingerprint density at radius 1 is 0.619 bits per heavy atom. The summed E-state index contributed by atoms with van der Waals surface area (Å²) in [6.07, 6.45) is -11.0. The number of ether oxygens (including phenoxy) is 2. The van der Waals surface area contributed by atoms with Crippen molar-refractivity contribution < 1.29 is 31.4 Å². The van der Waals surface area contributed by atoms with Crippen molar-refractivity contribution in [3.05, 3.63) is 54.6 Å². The number of rotatable bonds is 4. The van der Waals surface area contributed by atoms with Crippen molar-refractivity contribution in [2.45, 2.75) is 12.3 Å². The average Bonchev–Trinajstić information content (AvgIpc) is 2.41. The average molecular weight is 304 g/mol. The van der Waals surface area contributed by atoms with Gasteiger partial charge in [-0.05, 0) is 36.4 Å². The Kier molecular flexibility index (Phi) is 4.02. The summed E-state index contributed by atoms with van der Waals surface area (Å²) in [5, 5.41) is 0. The minimum Gasteiger partial charge on any atom is -0.457 e. The summed E-state index contributed by atoms with van der Waals surface area (Å²) in [5.74, 6) is 0.174. The molecule has 0 fully saturated rings. The maximum Gasteiger partial charge on any atom is 0.499 e. The molecule has 2 aromatic rings. The molecular weight excluding hydrogens is 295 g/mol. The van der Waals surface area contributed by atoms with Crippen LogP contribution in [0.15, 0.2) is 54.6 Å². The van der Waals surface area contributed by atoms with E-state index in [2.05, 4.69) is 4.74 Å². The Labute approximate surface area is 116 Å². The van der Waals surface area contributed by atoms with Gasteiger partial charge in [-0.3, -0.25) is 0 Å². The van der Waals surface area contributed by atoms with Gasteiger partial charge < -0.3 is 9.47 Å². The van der Waals surface area contributed by atoms with E-state index in [1.54, 1.807) is 30.3 Å². The van der Waals surface area contributed by atoms with Crippen molar-refractivity contribution in [2.75, 3.05) is 0 Å². The molecule has 0 bridgehead atoms. The topological polar surface area (TPSA) is 18.5 Å². The van der Waals surface area contributed by atoms with E-state index in [0.717, 1.165) is 12.1 Å². The molecule has 2 nitrogen and oxygen atoms in total. The van der Waals surface area contributed by atoms with Gasteiger partial charge >= 0.3 is 12.3 Å². The van der Waals surface area contributed by atoms with Crippen LogP contribution in [-0.4, -0.2) is 12.3 Å². The quantitative estimate of drug-likeness (QED) is 0.739. The van der Waals surface area contributed by atoms with E-state index >= 15 is 0 Å². The summed E-state index contributed by atoms with van der Waals surface area (Å²) >= 11 is 0. The normalized spacial score (nSPS) is 12.0. The molecule has 2 aromatic carbocycles. The van der Waals surface area contributed by atoms with Crippen LogP contribution in [0.4, 0.5) is 22.0 Å². The van der Waals surface area contributed by atoms with Crippen molar-refractivity contribution in [1.29, 1.82) is 0 Å². The molecule has 0 radical (unpaired) electrons. The zero-order chi connectivity index (χ0) is 15.5. The first-order valence-electron chi connectivity index (χ1n) is 5.74. The van der Waals surface area contributed by atoms with Gasteiger partial charge in [0.1, 0.15) is 17.2 Å². The molecule has 2 rings (SSSR count). The number of benzene rings is 2. The van der Waals surface area contributed by atoms with E-state index in [0.29, 0.717) is 5.75 Å². The van der Waals surface area contributed by atoms with Crippen molar-refractivity contribution in [1.82, 2.24) is 0 Å². The van der Waals surface area contributed by atoms with Gasteiger partial charge in [-0.1, -0.05) is 18.2 Å². The van der Waals surface area contributed by atoms with Crippen LogP contribution in [0.1, 0.15) is 0 Å². The van der Waals surface area contributed by atoms with Crippen LogP contribution in [0.2, 0.25) is 0 Å². The van der Waals surface area contributed by atoms with Gasteiger partial charge in [0.2, 0.25) is 0 Å². The van der Waals surface area contributed by atoms with E-state index in [1.807, 2.05) is 0 Å². The Hall–Kier alpha value is -2.31. The van der Waals surface area contributed by atoms with E-state index in [-0.39, 0.29) is 5.75 Å². The highest BCUT2D eigenvalue weighted by molar-refractivity contribution is 5.35. The summed E-state index contributed by atoms with van der Waals surface area (Å²) < 4.78 is 70.4. The van der Waals surface area contributed by atoms with Gasteiger partial charge in [-0.2, -0.15) is 22.0 Å². The molecule has 0 atom stereocenters. The van der Waals surface area contributed by atoms with Gasteiger partial charge in [0.05, 0.1) is 0 Å². The lowest BCUT2D eigenvalue weighted by molar-refractivity contribution is -0.360. The first-order chi connectivity index (χ1) is 9.78. The molecule has 0 aliphatic carbocycles. The zero-order valence-electron chi connectivity index (χ0n) is 10.4. The highest BCUT2D eigenvalue weighted by Crippen LogP contribution is 2.37. The minimum absolute atomic E-state index is 0.281. The van der Waals surface area contributed by atoms with Gasteiger partial charge in [0.15, 0.2) is 0 Å². The molecule has 0 unspecified atom stereocenters. The third kappa shape index (κ3) is 3.84. The third-order valence-electron chi connectivity index (χ3n) is 2.38. The van der Waals surface area contributed by atoms with Crippen LogP contribution in [0.5, 0.6) is 17.2 Å². The molecule has 21 heavy (non-hydrogen) atoms. The molecule has 7 heteroatoms. The number of para-hydroxylation sites is 1. The fourth-order valence-electron chi connectivity index (χ4n) is 1.41. The second-order valence-corrected chi connectivity index (χ2v) is 4.00. The van der Waals surface area contributed by atoms with Crippen LogP contribution in [0.3, 0.4) is 0 Å². The second kappa shape index (κ2) is 5.59. The Balaban J connectivity index is 2.06. The molecule has 0 aliphatic heterocycles. The van der Waals surface area contributed by atoms with E-state index in [1.165, 1.54) is 12.1 Å². The predicted octanol–water partition coefficient (Wildman–Crippen LogP) is 5.01. The van der Waals surface area contributed by atoms with Crippen molar-refractivity contribution in [2.24, 2.45) is 0 Å². The van der Waals surface area contributed by atoms with Gasteiger partial charge in [-0.25, -0.2) is 0 Å². The van der Waals surface area contributed by atoms with E-state index in [4.69, 9.17) is 4.74 Å². The zero-order valence-corrected chi connectivity index (χ0v) is 10.4. The number of alkyl halides is 5. The highest BCUT2D eigenvalue weighted by Gasteiger charge is 2.61. The molecule has 0 N–H and O–H groups in total. The van der Waals surface area contributed by atoms with Gasteiger partial charge in [0.25, 0.3) is 0 Å². The van der Waals surface area contributed by atoms with Crippen LogP contribution < -0.4 is 9.47 Å². The first-order valence-corrected chi connectivity index (χ1v) is 5.74.